The molecule has 0 amide bonds. The van der Waals surface area contributed by atoms with Crippen molar-refractivity contribution in [2.75, 3.05) is 13.2 Å². The van der Waals surface area contributed by atoms with E-state index in [1.54, 1.807) is 0 Å². The van der Waals surface area contributed by atoms with E-state index in [4.69, 9.17) is 9.47 Å². The molecule has 0 aromatic rings. The standard InChI is InChI=1S/C11H22O6/c1-6(2)3-4-16-5-7-8(12)9(13)10(14)11(15)17-7/h6-15H,3-5H2,1-2H3. The Morgan fingerprint density at radius 3 is 2.29 bits per heavy atom. The molecular formula is C11H22O6. The smallest absolute Gasteiger partial charge is 0.184 e. The lowest BCUT2D eigenvalue weighted by Gasteiger charge is -2.38. The highest BCUT2D eigenvalue weighted by molar-refractivity contribution is 4.88. The average molecular weight is 250 g/mol. The van der Waals surface area contributed by atoms with Gasteiger partial charge in [-0.2, -0.15) is 0 Å². The second-order valence-electron chi connectivity index (χ2n) is 4.79. The summed E-state index contributed by atoms with van der Waals surface area (Å²) >= 11 is 0. The first-order valence-electron chi connectivity index (χ1n) is 5.89. The zero-order chi connectivity index (χ0) is 13.0. The molecule has 1 heterocycles. The van der Waals surface area contributed by atoms with E-state index in [-0.39, 0.29) is 6.61 Å². The fourth-order valence-corrected chi connectivity index (χ4v) is 1.59. The Balaban J connectivity index is 2.33. The number of aliphatic hydroxyl groups excluding tert-OH is 4. The summed E-state index contributed by atoms with van der Waals surface area (Å²) < 4.78 is 10.3. The third-order valence-electron chi connectivity index (χ3n) is 2.81. The molecule has 102 valence electrons. The Labute approximate surface area is 101 Å². The van der Waals surface area contributed by atoms with Crippen LogP contribution in [0.3, 0.4) is 0 Å². The van der Waals surface area contributed by atoms with Crippen LogP contribution in [0.2, 0.25) is 0 Å². The van der Waals surface area contributed by atoms with Gasteiger partial charge < -0.3 is 29.9 Å². The van der Waals surface area contributed by atoms with Crippen molar-refractivity contribution >= 4 is 0 Å². The molecule has 1 rings (SSSR count). The van der Waals surface area contributed by atoms with Crippen LogP contribution in [0, 0.1) is 5.92 Å². The molecule has 0 bridgehead atoms. The van der Waals surface area contributed by atoms with Gasteiger partial charge in [0, 0.05) is 6.61 Å². The molecule has 6 heteroatoms. The predicted molar refractivity (Wildman–Crippen MR) is 59.2 cm³/mol. The Bertz CT molecular complexity index is 222. The highest BCUT2D eigenvalue weighted by Gasteiger charge is 2.42. The maximum atomic E-state index is 9.61. The number of rotatable bonds is 5. The van der Waals surface area contributed by atoms with Crippen molar-refractivity contribution in [3.05, 3.63) is 0 Å². The van der Waals surface area contributed by atoms with E-state index in [9.17, 15) is 20.4 Å². The molecule has 1 saturated heterocycles. The van der Waals surface area contributed by atoms with Gasteiger partial charge in [0.15, 0.2) is 6.29 Å². The van der Waals surface area contributed by atoms with Gasteiger partial charge in [-0.1, -0.05) is 13.8 Å². The highest BCUT2D eigenvalue weighted by atomic mass is 16.6. The van der Waals surface area contributed by atoms with Gasteiger partial charge >= 0.3 is 0 Å². The summed E-state index contributed by atoms with van der Waals surface area (Å²) in [6.07, 6.45) is -5.60. The van der Waals surface area contributed by atoms with E-state index in [1.165, 1.54) is 0 Å². The monoisotopic (exact) mass is 250 g/mol. The van der Waals surface area contributed by atoms with Crippen LogP contribution in [-0.4, -0.2) is 64.3 Å². The normalized spacial score (nSPS) is 38.6. The van der Waals surface area contributed by atoms with Gasteiger partial charge in [0.05, 0.1) is 6.61 Å². The minimum atomic E-state index is -1.49. The van der Waals surface area contributed by atoms with Crippen LogP contribution in [0.4, 0.5) is 0 Å². The molecular weight excluding hydrogens is 228 g/mol. The van der Waals surface area contributed by atoms with Crippen LogP contribution in [0.25, 0.3) is 0 Å². The first-order valence-corrected chi connectivity index (χ1v) is 5.89. The van der Waals surface area contributed by atoms with Crippen molar-refractivity contribution < 1.29 is 29.9 Å². The summed E-state index contributed by atoms with van der Waals surface area (Å²) in [5, 5.41) is 37.6. The first kappa shape index (κ1) is 14.8. The minimum Gasteiger partial charge on any atom is -0.387 e. The van der Waals surface area contributed by atoms with Crippen molar-refractivity contribution in [2.45, 2.75) is 51.0 Å². The van der Waals surface area contributed by atoms with Crippen molar-refractivity contribution in [1.29, 1.82) is 0 Å². The van der Waals surface area contributed by atoms with Gasteiger partial charge in [-0.25, -0.2) is 0 Å². The molecule has 0 aliphatic carbocycles. The lowest BCUT2D eigenvalue weighted by molar-refractivity contribution is -0.288. The van der Waals surface area contributed by atoms with Crippen molar-refractivity contribution in [2.24, 2.45) is 5.92 Å². The van der Waals surface area contributed by atoms with Crippen LogP contribution in [0.1, 0.15) is 20.3 Å². The fourth-order valence-electron chi connectivity index (χ4n) is 1.59. The summed E-state index contributed by atoms with van der Waals surface area (Å²) in [4.78, 5) is 0. The molecule has 17 heavy (non-hydrogen) atoms. The van der Waals surface area contributed by atoms with E-state index in [2.05, 4.69) is 13.8 Å². The first-order chi connectivity index (χ1) is 7.93. The van der Waals surface area contributed by atoms with Crippen LogP contribution < -0.4 is 0 Å². The average Bonchev–Trinajstić information content (AvgIpc) is 2.27. The molecule has 1 aliphatic rings. The third-order valence-corrected chi connectivity index (χ3v) is 2.81. The Hall–Kier alpha value is -0.240. The van der Waals surface area contributed by atoms with Gasteiger partial charge in [0.1, 0.15) is 24.4 Å². The van der Waals surface area contributed by atoms with E-state index in [1.807, 2.05) is 0 Å². The largest absolute Gasteiger partial charge is 0.387 e. The zero-order valence-corrected chi connectivity index (χ0v) is 10.2. The lowest BCUT2D eigenvalue weighted by atomic mass is 9.99. The molecule has 5 unspecified atom stereocenters. The number of aliphatic hydroxyl groups is 4. The zero-order valence-electron chi connectivity index (χ0n) is 10.2. The molecule has 5 atom stereocenters. The molecule has 0 radical (unpaired) electrons. The van der Waals surface area contributed by atoms with Gasteiger partial charge in [0.25, 0.3) is 0 Å². The Kier molecular flexibility index (Phi) is 5.78. The molecule has 4 N–H and O–H groups in total. The molecule has 1 fully saturated rings. The summed E-state index contributed by atoms with van der Waals surface area (Å²) in [7, 11) is 0. The van der Waals surface area contributed by atoms with Crippen LogP contribution in [0.5, 0.6) is 0 Å². The van der Waals surface area contributed by atoms with Crippen molar-refractivity contribution in [3.8, 4) is 0 Å². The van der Waals surface area contributed by atoms with Crippen LogP contribution in [-0.2, 0) is 9.47 Å². The van der Waals surface area contributed by atoms with E-state index < -0.39 is 30.7 Å². The summed E-state index contributed by atoms with van der Waals surface area (Å²) in [6, 6.07) is 0. The molecule has 1 aliphatic heterocycles. The van der Waals surface area contributed by atoms with Crippen LogP contribution in [0.15, 0.2) is 0 Å². The summed E-state index contributed by atoms with van der Waals surface area (Å²) in [5.41, 5.74) is 0. The van der Waals surface area contributed by atoms with E-state index in [0.29, 0.717) is 12.5 Å². The Morgan fingerprint density at radius 1 is 1.06 bits per heavy atom. The SMILES string of the molecule is CC(C)CCOCC1OC(O)C(O)C(O)C1O. The van der Waals surface area contributed by atoms with Gasteiger partial charge in [0.2, 0.25) is 0 Å². The predicted octanol–water partition coefficient (Wildman–Crippen LogP) is -1.15. The fraction of sp³-hybridized carbons (Fsp3) is 1.00. The second kappa shape index (κ2) is 6.63. The molecule has 0 aromatic carbocycles. The molecule has 0 saturated carbocycles. The van der Waals surface area contributed by atoms with E-state index >= 15 is 0 Å². The van der Waals surface area contributed by atoms with Gasteiger partial charge in [-0.3, -0.25) is 0 Å². The highest BCUT2D eigenvalue weighted by Crippen LogP contribution is 2.20. The van der Waals surface area contributed by atoms with Crippen LogP contribution >= 0.6 is 0 Å². The van der Waals surface area contributed by atoms with Gasteiger partial charge in [-0.05, 0) is 12.3 Å². The van der Waals surface area contributed by atoms with Crippen molar-refractivity contribution in [3.63, 3.8) is 0 Å². The Morgan fingerprint density at radius 2 is 1.71 bits per heavy atom. The molecule has 6 nitrogen and oxygen atoms in total. The third kappa shape index (κ3) is 4.17. The quantitative estimate of drug-likeness (QED) is 0.460. The minimum absolute atomic E-state index is 0.0781. The lowest BCUT2D eigenvalue weighted by Crippen LogP contribution is -2.58. The molecule has 0 aromatic heterocycles. The van der Waals surface area contributed by atoms with Crippen molar-refractivity contribution in [1.82, 2.24) is 0 Å². The number of hydrogen-bond donors (Lipinski definition) is 4. The topological polar surface area (TPSA) is 99.4 Å². The van der Waals surface area contributed by atoms with Gasteiger partial charge in [-0.15, -0.1) is 0 Å². The maximum absolute atomic E-state index is 9.61. The summed E-state index contributed by atoms with van der Waals surface area (Å²) in [5.74, 6) is 0.519. The second-order valence-corrected chi connectivity index (χ2v) is 4.79. The number of ether oxygens (including phenoxy) is 2. The number of hydrogen-bond acceptors (Lipinski definition) is 6. The maximum Gasteiger partial charge on any atom is 0.184 e. The molecule has 0 spiro atoms. The summed E-state index contributed by atoms with van der Waals surface area (Å²) in [6.45, 7) is 4.74. The van der Waals surface area contributed by atoms with E-state index in [0.717, 1.165) is 6.42 Å².